The SMILES string of the molecule is COC=Cc1cc(OC)c(OC)cc1OCC(C)(C)C1OCCO1. The number of ether oxygens (including phenoxy) is 6. The van der Waals surface area contributed by atoms with Gasteiger partial charge in [-0.1, -0.05) is 13.8 Å². The third-order valence-corrected chi connectivity index (χ3v) is 3.76. The molecule has 1 aliphatic rings. The predicted octanol–water partition coefficient (Wildman–Crippen LogP) is 3.10. The van der Waals surface area contributed by atoms with Gasteiger partial charge in [0, 0.05) is 17.0 Å². The monoisotopic (exact) mass is 338 g/mol. The Morgan fingerprint density at radius 3 is 2.25 bits per heavy atom. The van der Waals surface area contributed by atoms with Crippen molar-refractivity contribution in [1.29, 1.82) is 0 Å². The summed E-state index contributed by atoms with van der Waals surface area (Å²) in [6.45, 7) is 5.77. The zero-order chi connectivity index (χ0) is 17.6. The van der Waals surface area contributed by atoms with Crippen molar-refractivity contribution in [2.45, 2.75) is 20.1 Å². The highest BCUT2D eigenvalue weighted by molar-refractivity contribution is 5.63. The van der Waals surface area contributed by atoms with Gasteiger partial charge in [0.2, 0.25) is 0 Å². The van der Waals surface area contributed by atoms with E-state index in [2.05, 4.69) is 13.8 Å². The summed E-state index contributed by atoms with van der Waals surface area (Å²) in [6.07, 6.45) is 3.13. The van der Waals surface area contributed by atoms with Crippen LogP contribution in [0.2, 0.25) is 0 Å². The second-order valence-corrected chi connectivity index (χ2v) is 6.13. The van der Waals surface area contributed by atoms with E-state index in [0.29, 0.717) is 37.1 Å². The molecule has 0 bridgehead atoms. The average Bonchev–Trinajstić information content (AvgIpc) is 3.13. The van der Waals surface area contributed by atoms with E-state index in [1.165, 1.54) is 0 Å². The molecule has 6 heteroatoms. The number of rotatable bonds is 8. The van der Waals surface area contributed by atoms with Crippen LogP contribution in [-0.2, 0) is 14.2 Å². The normalized spacial score (nSPS) is 15.7. The first-order valence-electron chi connectivity index (χ1n) is 7.83. The van der Waals surface area contributed by atoms with Crippen molar-refractivity contribution in [3.63, 3.8) is 0 Å². The van der Waals surface area contributed by atoms with Crippen molar-refractivity contribution in [2.75, 3.05) is 41.2 Å². The van der Waals surface area contributed by atoms with Crippen LogP contribution in [0.25, 0.3) is 6.08 Å². The third-order valence-electron chi connectivity index (χ3n) is 3.76. The maximum atomic E-state index is 6.05. The first kappa shape index (κ1) is 18.4. The molecule has 1 heterocycles. The standard InChI is InChI=1S/C18H26O6/c1-18(2,17-22-8-9-23-17)12-24-14-11-16(21-5)15(20-4)10-13(14)6-7-19-3/h6-7,10-11,17H,8-9,12H2,1-5H3. The molecule has 6 nitrogen and oxygen atoms in total. The molecular weight excluding hydrogens is 312 g/mol. The van der Waals surface area contributed by atoms with Gasteiger partial charge in [0.05, 0.1) is 47.4 Å². The van der Waals surface area contributed by atoms with Gasteiger partial charge in [-0.2, -0.15) is 0 Å². The Bertz CT molecular complexity index is 561. The van der Waals surface area contributed by atoms with Gasteiger partial charge in [0.25, 0.3) is 0 Å². The molecule has 0 aliphatic carbocycles. The lowest BCUT2D eigenvalue weighted by molar-refractivity contribution is -0.131. The van der Waals surface area contributed by atoms with E-state index in [0.717, 1.165) is 5.56 Å². The summed E-state index contributed by atoms with van der Waals surface area (Å²) in [5.41, 5.74) is 0.546. The third kappa shape index (κ3) is 4.33. The van der Waals surface area contributed by atoms with E-state index in [9.17, 15) is 0 Å². The molecule has 1 aromatic carbocycles. The van der Waals surface area contributed by atoms with Crippen molar-refractivity contribution in [2.24, 2.45) is 5.41 Å². The fourth-order valence-electron chi connectivity index (χ4n) is 2.41. The van der Waals surface area contributed by atoms with Crippen molar-refractivity contribution in [3.05, 3.63) is 24.0 Å². The minimum atomic E-state index is -0.286. The predicted molar refractivity (Wildman–Crippen MR) is 90.6 cm³/mol. The highest BCUT2D eigenvalue weighted by Gasteiger charge is 2.35. The summed E-state index contributed by atoms with van der Waals surface area (Å²) in [4.78, 5) is 0. The summed E-state index contributed by atoms with van der Waals surface area (Å²) in [6, 6.07) is 3.65. The van der Waals surface area contributed by atoms with Crippen LogP contribution in [0.15, 0.2) is 18.4 Å². The average molecular weight is 338 g/mol. The van der Waals surface area contributed by atoms with Gasteiger partial charge in [0.1, 0.15) is 5.75 Å². The van der Waals surface area contributed by atoms with Crippen molar-refractivity contribution in [3.8, 4) is 17.2 Å². The molecule has 134 valence electrons. The number of hydrogen-bond donors (Lipinski definition) is 0. The van der Waals surface area contributed by atoms with E-state index in [-0.39, 0.29) is 11.7 Å². The maximum absolute atomic E-state index is 6.05. The fourth-order valence-corrected chi connectivity index (χ4v) is 2.41. The summed E-state index contributed by atoms with van der Waals surface area (Å²) >= 11 is 0. The molecule has 2 rings (SSSR count). The molecule has 0 spiro atoms. The van der Waals surface area contributed by atoms with Crippen LogP contribution in [-0.4, -0.2) is 47.4 Å². The topological polar surface area (TPSA) is 55.4 Å². The molecule has 0 unspecified atom stereocenters. The molecule has 1 fully saturated rings. The van der Waals surface area contributed by atoms with Gasteiger partial charge in [-0.15, -0.1) is 0 Å². The molecule has 0 radical (unpaired) electrons. The van der Waals surface area contributed by atoms with Crippen molar-refractivity contribution >= 4 is 6.08 Å². The summed E-state index contributed by atoms with van der Waals surface area (Å²) in [7, 11) is 4.78. The summed E-state index contributed by atoms with van der Waals surface area (Å²) in [5, 5.41) is 0. The van der Waals surface area contributed by atoms with Crippen molar-refractivity contribution in [1.82, 2.24) is 0 Å². The lowest BCUT2D eigenvalue weighted by Gasteiger charge is -2.29. The molecule has 0 aromatic heterocycles. The number of methoxy groups -OCH3 is 3. The Hall–Kier alpha value is -1.92. The zero-order valence-corrected chi connectivity index (χ0v) is 15.0. The first-order chi connectivity index (χ1) is 11.5. The maximum Gasteiger partial charge on any atom is 0.166 e. The number of hydrogen-bond acceptors (Lipinski definition) is 6. The van der Waals surface area contributed by atoms with Crippen LogP contribution in [0, 0.1) is 5.41 Å². The highest BCUT2D eigenvalue weighted by atomic mass is 16.7. The summed E-state index contributed by atoms with van der Waals surface area (Å²) in [5.74, 6) is 1.91. The number of benzene rings is 1. The van der Waals surface area contributed by atoms with E-state index in [4.69, 9.17) is 28.4 Å². The van der Waals surface area contributed by atoms with Crippen LogP contribution >= 0.6 is 0 Å². The van der Waals surface area contributed by atoms with Crippen LogP contribution in [0.1, 0.15) is 19.4 Å². The molecular formula is C18H26O6. The van der Waals surface area contributed by atoms with E-state index < -0.39 is 0 Å². The highest BCUT2D eigenvalue weighted by Crippen LogP contribution is 2.37. The van der Waals surface area contributed by atoms with Gasteiger partial charge in [0.15, 0.2) is 17.8 Å². The Labute approximate surface area is 143 Å². The van der Waals surface area contributed by atoms with E-state index >= 15 is 0 Å². The Morgan fingerprint density at radius 1 is 1.04 bits per heavy atom. The largest absolute Gasteiger partial charge is 0.504 e. The zero-order valence-electron chi connectivity index (χ0n) is 15.0. The van der Waals surface area contributed by atoms with E-state index in [1.807, 2.05) is 12.1 Å². The van der Waals surface area contributed by atoms with Gasteiger partial charge in [-0.3, -0.25) is 0 Å². The molecule has 0 N–H and O–H groups in total. The smallest absolute Gasteiger partial charge is 0.166 e. The Kier molecular flexibility index (Phi) is 6.34. The van der Waals surface area contributed by atoms with Crippen LogP contribution < -0.4 is 14.2 Å². The Morgan fingerprint density at radius 2 is 1.67 bits per heavy atom. The van der Waals surface area contributed by atoms with Crippen LogP contribution in [0.4, 0.5) is 0 Å². The second-order valence-electron chi connectivity index (χ2n) is 6.13. The van der Waals surface area contributed by atoms with Crippen molar-refractivity contribution < 1.29 is 28.4 Å². The molecule has 1 aromatic rings. The fraction of sp³-hybridized carbons (Fsp3) is 0.556. The Balaban J connectivity index is 2.21. The quantitative estimate of drug-likeness (QED) is 0.679. The minimum absolute atomic E-state index is 0.268. The molecule has 1 saturated heterocycles. The van der Waals surface area contributed by atoms with Gasteiger partial charge < -0.3 is 28.4 Å². The van der Waals surface area contributed by atoms with Gasteiger partial charge in [-0.25, -0.2) is 0 Å². The van der Waals surface area contributed by atoms with Crippen LogP contribution in [0.3, 0.4) is 0 Å². The lowest BCUT2D eigenvalue weighted by atomic mass is 9.94. The van der Waals surface area contributed by atoms with Gasteiger partial charge >= 0.3 is 0 Å². The molecule has 24 heavy (non-hydrogen) atoms. The first-order valence-corrected chi connectivity index (χ1v) is 7.83. The van der Waals surface area contributed by atoms with Crippen LogP contribution in [0.5, 0.6) is 17.2 Å². The molecule has 1 aliphatic heterocycles. The molecule has 0 amide bonds. The molecule has 0 atom stereocenters. The minimum Gasteiger partial charge on any atom is -0.504 e. The molecule has 0 saturated carbocycles. The van der Waals surface area contributed by atoms with E-state index in [1.54, 1.807) is 33.7 Å². The van der Waals surface area contributed by atoms with Gasteiger partial charge in [-0.05, 0) is 12.1 Å². The summed E-state index contributed by atoms with van der Waals surface area (Å²) < 4.78 is 33.0. The second kappa shape index (κ2) is 8.26. The lowest BCUT2D eigenvalue weighted by Crippen LogP contribution is -2.36.